The first kappa shape index (κ1) is 12.2. The molecule has 0 aromatic carbocycles. The lowest BCUT2D eigenvalue weighted by Gasteiger charge is -2.32. The summed E-state index contributed by atoms with van der Waals surface area (Å²) in [6.07, 6.45) is 2.65. The largest absolute Gasteiger partial charge is 0.481 e. The van der Waals surface area contributed by atoms with E-state index in [1.54, 1.807) is 11.8 Å². The van der Waals surface area contributed by atoms with Crippen LogP contribution in [0.15, 0.2) is 6.07 Å². The summed E-state index contributed by atoms with van der Waals surface area (Å²) in [6.45, 7) is 4.23. The van der Waals surface area contributed by atoms with Gasteiger partial charge in [0.1, 0.15) is 0 Å². The molecule has 96 valence electrons. The van der Waals surface area contributed by atoms with Gasteiger partial charge in [-0.25, -0.2) is 4.68 Å². The Morgan fingerprint density at radius 2 is 2.06 bits per heavy atom. The van der Waals surface area contributed by atoms with Crippen molar-refractivity contribution in [2.45, 2.75) is 44.9 Å². The van der Waals surface area contributed by atoms with Gasteiger partial charge in [-0.2, -0.15) is 5.10 Å². The maximum absolute atomic E-state index is 5.71. The normalized spacial score (nSPS) is 29.1. The molecule has 1 aliphatic rings. The van der Waals surface area contributed by atoms with Crippen LogP contribution in [0.2, 0.25) is 0 Å². The molecule has 1 fully saturated rings. The van der Waals surface area contributed by atoms with Gasteiger partial charge < -0.3 is 14.8 Å². The Bertz CT molecular complexity index is 368. The third-order valence-electron chi connectivity index (χ3n) is 3.10. The first-order valence-corrected chi connectivity index (χ1v) is 6.08. The van der Waals surface area contributed by atoms with Gasteiger partial charge in [-0.15, -0.1) is 0 Å². The van der Waals surface area contributed by atoms with Crippen LogP contribution >= 0.6 is 0 Å². The van der Waals surface area contributed by atoms with E-state index in [0.717, 1.165) is 24.5 Å². The SMILES string of the molecule is COc1cc(NC2CC(C)OC(C)C2)nn1C. The molecule has 1 aromatic rings. The molecule has 2 rings (SSSR count). The summed E-state index contributed by atoms with van der Waals surface area (Å²) < 4.78 is 12.6. The lowest BCUT2D eigenvalue weighted by molar-refractivity contribution is -0.0338. The maximum atomic E-state index is 5.71. The molecule has 1 aromatic heterocycles. The van der Waals surface area contributed by atoms with E-state index in [1.165, 1.54) is 0 Å². The smallest absolute Gasteiger partial charge is 0.213 e. The first-order chi connectivity index (χ1) is 8.08. The molecule has 0 spiro atoms. The molecule has 0 bridgehead atoms. The quantitative estimate of drug-likeness (QED) is 0.873. The van der Waals surface area contributed by atoms with Crippen molar-refractivity contribution in [1.29, 1.82) is 0 Å². The highest BCUT2D eigenvalue weighted by atomic mass is 16.5. The van der Waals surface area contributed by atoms with E-state index >= 15 is 0 Å². The van der Waals surface area contributed by atoms with Crippen molar-refractivity contribution in [3.05, 3.63) is 6.07 Å². The minimum Gasteiger partial charge on any atom is -0.481 e. The monoisotopic (exact) mass is 239 g/mol. The Kier molecular flexibility index (Phi) is 3.57. The van der Waals surface area contributed by atoms with Crippen LogP contribution in [0.4, 0.5) is 5.82 Å². The lowest BCUT2D eigenvalue weighted by atomic mass is 10.00. The van der Waals surface area contributed by atoms with Crippen LogP contribution in [0.5, 0.6) is 5.88 Å². The van der Waals surface area contributed by atoms with Gasteiger partial charge in [0.2, 0.25) is 5.88 Å². The highest BCUT2D eigenvalue weighted by molar-refractivity contribution is 5.39. The van der Waals surface area contributed by atoms with Gasteiger partial charge in [-0.3, -0.25) is 0 Å². The third-order valence-corrected chi connectivity index (χ3v) is 3.10. The molecule has 1 saturated heterocycles. The Morgan fingerprint density at radius 1 is 1.41 bits per heavy atom. The second-order valence-electron chi connectivity index (χ2n) is 4.77. The third kappa shape index (κ3) is 2.91. The number of aryl methyl sites for hydroxylation is 1. The second kappa shape index (κ2) is 4.96. The molecule has 5 nitrogen and oxygen atoms in total. The summed E-state index contributed by atoms with van der Waals surface area (Å²) in [5.41, 5.74) is 0. The Balaban J connectivity index is 1.99. The van der Waals surface area contributed by atoms with Crippen molar-refractivity contribution in [2.24, 2.45) is 7.05 Å². The molecular weight excluding hydrogens is 218 g/mol. The summed E-state index contributed by atoms with van der Waals surface area (Å²) in [5.74, 6) is 1.64. The molecule has 1 N–H and O–H groups in total. The summed E-state index contributed by atoms with van der Waals surface area (Å²) in [5, 5.41) is 7.81. The van der Waals surface area contributed by atoms with Gasteiger partial charge in [0.25, 0.3) is 0 Å². The molecule has 0 radical (unpaired) electrons. The number of nitrogens with one attached hydrogen (secondary N) is 1. The van der Waals surface area contributed by atoms with E-state index in [0.29, 0.717) is 18.2 Å². The van der Waals surface area contributed by atoms with Crippen LogP contribution in [-0.4, -0.2) is 35.1 Å². The van der Waals surface area contributed by atoms with E-state index in [1.807, 2.05) is 13.1 Å². The van der Waals surface area contributed by atoms with Crippen molar-refractivity contribution in [3.63, 3.8) is 0 Å². The van der Waals surface area contributed by atoms with Crippen molar-refractivity contribution in [2.75, 3.05) is 12.4 Å². The molecule has 17 heavy (non-hydrogen) atoms. The van der Waals surface area contributed by atoms with Gasteiger partial charge in [0, 0.05) is 19.2 Å². The first-order valence-electron chi connectivity index (χ1n) is 6.08. The molecular formula is C12H21N3O2. The molecule has 1 aliphatic heterocycles. The molecule has 2 unspecified atom stereocenters. The Hall–Kier alpha value is -1.23. The lowest BCUT2D eigenvalue weighted by Crippen LogP contribution is -2.37. The fourth-order valence-electron chi connectivity index (χ4n) is 2.44. The zero-order valence-corrected chi connectivity index (χ0v) is 10.9. The van der Waals surface area contributed by atoms with Crippen LogP contribution in [0.25, 0.3) is 0 Å². The average molecular weight is 239 g/mol. The predicted octanol–water partition coefficient (Wildman–Crippen LogP) is 1.80. The second-order valence-corrected chi connectivity index (χ2v) is 4.77. The van der Waals surface area contributed by atoms with E-state index in [-0.39, 0.29) is 0 Å². The summed E-state index contributed by atoms with van der Waals surface area (Å²) in [4.78, 5) is 0. The van der Waals surface area contributed by atoms with Crippen molar-refractivity contribution in [3.8, 4) is 5.88 Å². The number of hydrogen-bond acceptors (Lipinski definition) is 4. The number of anilines is 1. The van der Waals surface area contributed by atoms with Crippen molar-refractivity contribution in [1.82, 2.24) is 9.78 Å². The average Bonchev–Trinajstić information content (AvgIpc) is 2.57. The maximum Gasteiger partial charge on any atom is 0.213 e. The van der Waals surface area contributed by atoms with Crippen LogP contribution in [0, 0.1) is 0 Å². The van der Waals surface area contributed by atoms with Gasteiger partial charge in [-0.1, -0.05) is 0 Å². The number of rotatable bonds is 3. The number of aromatic nitrogens is 2. The molecule has 5 heteroatoms. The van der Waals surface area contributed by atoms with Crippen LogP contribution < -0.4 is 10.1 Å². The van der Waals surface area contributed by atoms with E-state index in [9.17, 15) is 0 Å². The zero-order chi connectivity index (χ0) is 12.4. The topological polar surface area (TPSA) is 48.3 Å². The van der Waals surface area contributed by atoms with Gasteiger partial charge >= 0.3 is 0 Å². The highest BCUT2D eigenvalue weighted by Crippen LogP contribution is 2.23. The molecule has 0 amide bonds. The predicted molar refractivity (Wildman–Crippen MR) is 66.4 cm³/mol. The van der Waals surface area contributed by atoms with E-state index < -0.39 is 0 Å². The summed E-state index contributed by atoms with van der Waals surface area (Å²) >= 11 is 0. The summed E-state index contributed by atoms with van der Waals surface area (Å²) in [6, 6.07) is 2.35. The molecule has 2 heterocycles. The minimum absolute atomic E-state index is 0.307. The number of hydrogen-bond donors (Lipinski definition) is 1. The van der Waals surface area contributed by atoms with Crippen LogP contribution in [0.3, 0.4) is 0 Å². The number of nitrogens with zero attached hydrogens (tertiary/aromatic N) is 2. The Morgan fingerprint density at radius 3 is 2.59 bits per heavy atom. The minimum atomic E-state index is 0.307. The fourth-order valence-corrected chi connectivity index (χ4v) is 2.44. The van der Waals surface area contributed by atoms with E-state index in [2.05, 4.69) is 24.3 Å². The number of methoxy groups -OCH3 is 1. The molecule has 0 saturated carbocycles. The van der Waals surface area contributed by atoms with Gasteiger partial charge in [0.15, 0.2) is 5.82 Å². The summed E-state index contributed by atoms with van der Waals surface area (Å²) in [7, 11) is 3.53. The Labute approximate surface area is 102 Å². The van der Waals surface area contributed by atoms with Crippen molar-refractivity contribution < 1.29 is 9.47 Å². The highest BCUT2D eigenvalue weighted by Gasteiger charge is 2.24. The molecule has 2 atom stereocenters. The standard InChI is InChI=1S/C12H21N3O2/c1-8-5-10(6-9(2)17-8)13-11-7-12(16-4)15(3)14-11/h7-10H,5-6H2,1-4H3,(H,13,14). The zero-order valence-electron chi connectivity index (χ0n) is 10.9. The van der Waals surface area contributed by atoms with E-state index in [4.69, 9.17) is 9.47 Å². The van der Waals surface area contributed by atoms with Crippen molar-refractivity contribution >= 4 is 5.82 Å². The van der Waals surface area contributed by atoms with Gasteiger partial charge in [-0.05, 0) is 26.7 Å². The fraction of sp³-hybridized carbons (Fsp3) is 0.750. The molecule has 0 aliphatic carbocycles. The van der Waals surface area contributed by atoms with Crippen LogP contribution in [-0.2, 0) is 11.8 Å². The number of ether oxygens (including phenoxy) is 2. The van der Waals surface area contributed by atoms with Crippen LogP contribution in [0.1, 0.15) is 26.7 Å². The van der Waals surface area contributed by atoms with Gasteiger partial charge in [0.05, 0.1) is 19.3 Å².